The van der Waals surface area contributed by atoms with Crippen molar-refractivity contribution < 1.29 is 4.79 Å². The maximum absolute atomic E-state index is 12.9. The van der Waals surface area contributed by atoms with Gasteiger partial charge in [-0.1, -0.05) is 54.2 Å². The molecule has 31 heavy (non-hydrogen) atoms. The van der Waals surface area contributed by atoms with Gasteiger partial charge in [-0.25, -0.2) is 0 Å². The average Bonchev–Trinajstić information content (AvgIpc) is 3.40. The summed E-state index contributed by atoms with van der Waals surface area (Å²) in [5, 5.41) is 12.8. The lowest BCUT2D eigenvalue weighted by Crippen LogP contribution is -2.28. The van der Waals surface area contributed by atoms with E-state index in [-0.39, 0.29) is 23.3 Å². The monoisotopic (exact) mass is 431 g/mol. The van der Waals surface area contributed by atoms with E-state index in [9.17, 15) is 9.59 Å². The molecule has 0 bridgehead atoms. The molecule has 1 amide bonds. The second kappa shape index (κ2) is 8.03. The SMILES string of the molecule is C=CCn1c(=O)c2ccccc2n2c(SCC(=O)NC3CCc4ccccc43)nnc12. The van der Waals surface area contributed by atoms with Crippen LogP contribution >= 0.6 is 11.8 Å². The van der Waals surface area contributed by atoms with E-state index in [2.05, 4.69) is 34.2 Å². The molecule has 2 aromatic heterocycles. The van der Waals surface area contributed by atoms with Crippen LogP contribution in [-0.4, -0.2) is 30.8 Å². The minimum absolute atomic E-state index is 0.0489. The quantitative estimate of drug-likeness (QED) is 0.375. The lowest BCUT2D eigenvalue weighted by Gasteiger charge is -2.14. The Labute approximate surface area is 182 Å². The van der Waals surface area contributed by atoms with Gasteiger partial charge in [0.15, 0.2) is 5.16 Å². The number of thioether (sulfide) groups is 1. The summed E-state index contributed by atoms with van der Waals surface area (Å²) in [6, 6.07) is 15.7. The number of fused-ring (bicyclic) bond motifs is 4. The van der Waals surface area contributed by atoms with Crippen LogP contribution < -0.4 is 10.9 Å². The number of hydrogen-bond donors (Lipinski definition) is 1. The number of benzene rings is 2. The highest BCUT2D eigenvalue weighted by atomic mass is 32.2. The fraction of sp³-hybridized carbons (Fsp3) is 0.217. The van der Waals surface area contributed by atoms with Gasteiger partial charge < -0.3 is 5.32 Å². The number of allylic oxidation sites excluding steroid dienone is 1. The van der Waals surface area contributed by atoms with Crippen molar-refractivity contribution in [1.29, 1.82) is 0 Å². The number of nitrogens with one attached hydrogen (secondary N) is 1. The minimum atomic E-state index is -0.135. The van der Waals surface area contributed by atoms with Crippen molar-refractivity contribution in [2.45, 2.75) is 30.6 Å². The van der Waals surface area contributed by atoms with Crippen LogP contribution in [0.2, 0.25) is 0 Å². The Balaban J connectivity index is 1.42. The first-order valence-electron chi connectivity index (χ1n) is 10.1. The van der Waals surface area contributed by atoms with Crippen molar-refractivity contribution in [2.75, 3.05) is 5.75 Å². The van der Waals surface area contributed by atoms with Crippen molar-refractivity contribution in [1.82, 2.24) is 24.5 Å². The third-order valence-electron chi connectivity index (χ3n) is 5.59. The molecule has 0 fully saturated rings. The van der Waals surface area contributed by atoms with Crippen LogP contribution in [0.25, 0.3) is 16.7 Å². The van der Waals surface area contributed by atoms with Gasteiger partial charge >= 0.3 is 0 Å². The number of para-hydroxylation sites is 1. The molecule has 5 rings (SSSR count). The Morgan fingerprint density at radius 1 is 1.19 bits per heavy atom. The first-order valence-corrected chi connectivity index (χ1v) is 11.1. The van der Waals surface area contributed by atoms with Gasteiger partial charge in [-0.15, -0.1) is 16.8 Å². The molecule has 7 nitrogen and oxygen atoms in total. The molecule has 156 valence electrons. The molecule has 1 aliphatic rings. The number of nitrogens with zero attached hydrogens (tertiary/aromatic N) is 4. The van der Waals surface area contributed by atoms with E-state index < -0.39 is 0 Å². The van der Waals surface area contributed by atoms with Crippen LogP contribution in [0.15, 0.2) is 71.1 Å². The minimum Gasteiger partial charge on any atom is -0.349 e. The van der Waals surface area contributed by atoms with Gasteiger partial charge in [-0.2, -0.15) is 0 Å². The Kier molecular flexibility index (Phi) is 5.07. The molecule has 2 heterocycles. The lowest BCUT2D eigenvalue weighted by molar-refractivity contribution is -0.119. The Bertz CT molecular complexity index is 1370. The van der Waals surface area contributed by atoms with Crippen LogP contribution in [0.4, 0.5) is 0 Å². The fourth-order valence-corrected chi connectivity index (χ4v) is 4.95. The number of carbonyl (C=O) groups is 1. The van der Waals surface area contributed by atoms with E-state index in [1.54, 1.807) is 16.7 Å². The summed E-state index contributed by atoms with van der Waals surface area (Å²) < 4.78 is 3.38. The zero-order chi connectivity index (χ0) is 21.4. The van der Waals surface area contributed by atoms with E-state index in [4.69, 9.17) is 0 Å². The highest BCUT2D eigenvalue weighted by Crippen LogP contribution is 2.31. The first kappa shape index (κ1) is 19.6. The summed E-state index contributed by atoms with van der Waals surface area (Å²) in [5.74, 6) is 0.609. The van der Waals surface area contributed by atoms with Gasteiger partial charge in [0.25, 0.3) is 5.56 Å². The lowest BCUT2D eigenvalue weighted by atomic mass is 10.1. The topological polar surface area (TPSA) is 81.3 Å². The number of aromatic nitrogens is 4. The molecule has 1 aliphatic carbocycles. The second-order valence-electron chi connectivity index (χ2n) is 7.49. The van der Waals surface area contributed by atoms with Gasteiger partial charge in [0.2, 0.25) is 11.7 Å². The molecule has 0 saturated heterocycles. The maximum atomic E-state index is 12.9. The molecule has 0 aliphatic heterocycles. The summed E-state index contributed by atoms with van der Waals surface area (Å²) in [6.07, 6.45) is 3.56. The molecular weight excluding hydrogens is 410 g/mol. The summed E-state index contributed by atoms with van der Waals surface area (Å²) in [5.41, 5.74) is 3.09. The largest absolute Gasteiger partial charge is 0.349 e. The summed E-state index contributed by atoms with van der Waals surface area (Å²) in [4.78, 5) is 25.5. The zero-order valence-corrected chi connectivity index (χ0v) is 17.6. The number of hydrogen-bond acceptors (Lipinski definition) is 5. The predicted octanol–water partition coefficient (Wildman–Crippen LogP) is 3.13. The highest BCUT2D eigenvalue weighted by molar-refractivity contribution is 7.99. The van der Waals surface area contributed by atoms with Gasteiger partial charge in [0, 0.05) is 6.54 Å². The van der Waals surface area contributed by atoms with Crippen LogP contribution in [0.1, 0.15) is 23.6 Å². The van der Waals surface area contributed by atoms with Crippen LogP contribution in [0, 0.1) is 0 Å². The molecule has 0 saturated carbocycles. The molecule has 1 atom stereocenters. The average molecular weight is 432 g/mol. The number of carbonyl (C=O) groups excluding carboxylic acids is 1. The molecule has 0 radical (unpaired) electrons. The van der Waals surface area contributed by atoms with E-state index in [0.717, 1.165) is 18.4 Å². The predicted molar refractivity (Wildman–Crippen MR) is 121 cm³/mol. The van der Waals surface area contributed by atoms with Gasteiger partial charge in [0.05, 0.1) is 22.7 Å². The molecule has 0 spiro atoms. The molecule has 4 aromatic rings. The van der Waals surface area contributed by atoms with E-state index in [0.29, 0.717) is 22.9 Å². The zero-order valence-electron chi connectivity index (χ0n) is 16.8. The van der Waals surface area contributed by atoms with Crippen LogP contribution in [-0.2, 0) is 17.8 Å². The standard InChI is InChI=1S/C23H21N5O2S/c1-2-13-27-21(30)17-9-5-6-10-19(17)28-22(27)25-26-23(28)31-14-20(29)24-18-12-11-15-7-3-4-8-16(15)18/h2-10,18H,1,11-14H2,(H,24,29). The summed E-state index contributed by atoms with van der Waals surface area (Å²) >= 11 is 1.31. The smallest absolute Gasteiger partial charge is 0.263 e. The normalized spacial score (nSPS) is 15.3. The third kappa shape index (κ3) is 3.42. The van der Waals surface area contributed by atoms with Crippen molar-refractivity contribution >= 4 is 34.3 Å². The molecule has 2 aromatic carbocycles. The van der Waals surface area contributed by atoms with Crippen molar-refractivity contribution in [2.24, 2.45) is 0 Å². The maximum Gasteiger partial charge on any atom is 0.263 e. The molecule has 1 N–H and O–H groups in total. The van der Waals surface area contributed by atoms with Gasteiger partial charge in [0.1, 0.15) is 0 Å². The fourth-order valence-electron chi connectivity index (χ4n) is 4.19. The Morgan fingerprint density at radius 3 is 2.87 bits per heavy atom. The Morgan fingerprint density at radius 2 is 2.00 bits per heavy atom. The van der Waals surface area contributed by atoms with Crippen molar-refractivity contribution in [3.8, 4) is 0 Å². The van der Waals surface area contributed by atoms with E-state index in [1.165, 1.54) is 22.9 Å². The third-order valence-corrected chi connectivity index (χ3v) is 6.52. The summed E-state index contributed by atoms with van der Waals surface area (Å²) in [7, 11) is 0. The van der Waals surface area contributed by atoms with E-state index >= 15 is 0 Å². The molecule has 8 heteroatoms. The number of amides is 1. The Hall–Kier alpha value is -3.39. The number of aryl methyl sites for hydroxylation is 1. The van der Waals surface area contributed by atoms with Crippen LogP contribution in [0.5, 0.6) is 0 Å². The molecular formula is C23H21N5O2S. The van der Waals surface area contributed by atoms with Gasteiger partial charge in [-0.3, -0.25) is 18.6 Å². The summed E-state index contributed by atoms with van der Waals surface area (Å²) in [6.45, 7) is 4.07. The van der Waals surface area contributed by atoms with Crippen molar-refractivity contribution in [3.05, 3.63) is 82.7 Å². The van der Waals surface area contributed by atoms with Crippen molar-refractivity contribution in [3.63, 3.8) is 0 Å². The first-order chi connectivity index (χ1) is 15.2. The van der Waals surface area contributed by atoms with Gasteiger partial charge in [-0.05, 0) is 36.1 Å². The van der Waals surface area contributed by atoms with E-state index in [1.807, 2.05) is 34.7 Å². The second-order valence-corrected chi connectivity index (χ2v) is 8.43. The highest BCUT2D eigenvalue weighted by Gasteiger charge is 2.24. The number of rotatable bonds is 6. The molecule has 1 unspecified atom stereocenters. The van der Waals surface area contributed by atoms with Crippen LogP contribution in [0.3, 0.4) is 0 Å².